The lowest BCUT2D eigenvalue weighted by Gasteiger charge is -2.23. The fraction of sp³-hybridized carbons (Fsp3) is 1.00. The van der Waals surface area contributed by atoms with Crippen molar-refractivity contribution in [1.29, 1.82) is 0 Å². The summed E-state index contributed by atoms with van der Waals surface area (Å²) in [5, 5.41) is 0. The molecule has 0 saturated carbocycles. The summed E-state index contributed by atoms with van der Waals surface area (Å²) in [6, 6.07) is 0.689. The first-order valence-corrected chi connectivity index (χ1v) is 4.28. The van der Waals surface area contributed by atoms with Crippen molar-refractivity contribution in [3.05, 3.63) is 0 Å². The Labute approximate surface area is 65.4 Å². The Kier molecular flexibility index (Phi) is 4.71. The molecule has 10 heavy (non-hydrogen) atoms. The van der Waals surface area contributed by atoms with Gasteiger partial charge >= 0.3 is 0 Å². The zero-order valence-corrected chi connectivity index (χ0v) is 8.02. The minimum Gasteiger partial charge on any atom is -0.304 e. The van der Waals surface area contributed by atoms with E-state index in [1.54, 1.807) is 0 Å². The number of hydrogen-bond acceptors (Lipinski definition) is 1. The van der Waals surface area contributed by atoms with Gasteiger partial charge < -0.3 is 4.90 Å². The van der Waals surface area contributed by atoms with E-state index in [9.17, 15) is 0 Å². The van der Waals surface area contributed by atoms with Crippen molar-refractivity contribution in [1.82, 2.24) is 4.90 Å². The molecule has 0 radical (unpaired) electrons. The SMILES string of the molecule is CC[C@@H](C)CN(C)C(C)C. The molecular formula is C9H21N. The van der Waals surface area contributed by atoms with E-state index in [2.05, 4.69) is 39.6 Å². The second kappa shape index (κ2) is 4.73. The van der Waals surface area contributed by atoms with E-state index in [4.69, 9.17) is 0 Å². The fourth-order valence-corrected chi connectivity index (χ4v) is 0.832. The minimum atomic E-state index is 0.689. The molecule has 0 aliphatic carbocycles. The van der Waals surface area contributed by atoms with Gasteiger partial charge in [-0.3, -0.25) is 0 Å². The summed E-state index contributed by atoms with van der Waals surface area (Å²) in [7, 11) is 2.19. The lowest BCUT2D eigenvalue weighted by atomic mass is 10.1. The second-order valence-corrected chi connectivity index (χ2v) is 3.55. The fourth-order valence-electron chi connectivity index (χ4n) is 0.832. The molecule has 0 aliphatic heterocycles. The highest BCUT2D eigenvalue weighted by molar-refractivity contribution is 4.60. The number of hydrogen-bond donors (Lipinski definition) is 0. The molecule has 1 nitrogen and oxygen atoms in total. The van der Waals surface area contributed by atoms with Crippen LogP contribution in [0, 0.1) is 5.92 Å². The van der Waals surface area contributed by atoms with Crippen LogP contribution in [0.5, 0.6) is 0 Å². The molecule has 0 aromatic heterocycles. The molecule has 0 spiro atoms. The normalized spacial score (nSPS) is 14.7. The molecule has 1 atom stereocenters. The third-order valence-corrected chi connectivity index (χ3v) is 2.18. The topological polar surface area (TPSA) is 3.24 Å². The first-order valence-electron chi connectivity index (χ1n) is 4.28. The average molecular weight is 143 g/mol. The monoisotopic (exact) mass is 143 g/mol. The lowest BCUT2D eigenvalue weighted by Crippen LogP contribution is -2.30. The van der Waals surface area contributed by atoms with Gasteiger partial charge in [0.15, 0.2) is 0 Å². The van der Waals surface area contributed by atoms with Crippen LogP contribution in [0.3, 0.4) is 0 Å². The van der Waals surface area contributed by atoms with Crippen LogP contribution in [-0.4, -0.2) is 24.5 Å². The van der Waals surface area contributed by atoms with E-state index >= 15 is 0 Å². The summed E-state index contributed by atoms with van der Waals surface area (Å²) in [5.74, 6) is 0.840. The van der Waals surface area contributed by atoms with Crippen LogP contribution in [0.1, 0.15) is 34.1 Å². The molecule has 1 heteroatoms. The van der Waals surface area contributed by atoms with Gasteiger partial charge in [0, 0.05) is 12.6 Å². The maximum atomic E-state index is 2.40. The molecule has 0 aromatic carbocycles. The minimum absolute atomic E-state index is 0.689. The molecule has 62 valence electrons. The van der Waals surface area contributed by atoms with E-state index < -0.39 is 0 Å². The van der Waals surface area contributed by atoms with Gasteiger partial charge in [-0.2, -0.15) is 0 Å². The molecule has 0 unspecified atom stereocenters. The van der Waals surface area contributed by atoms with E-state index in [1.165, 1.54) is 13.0 Å². The molecule has 0 rings (SSSR count). The summed E-state index contributed by atoms with van der Waals surface area (Å²) in [5.41, 5.74) is 0. The Hall–Kier alpha value is -0.0400. The van der Waals surface area contributed by atoms with Crippen LogP contribution in [-0.2, 0) is 0 Å². The van der Waals surface area contributed by atoms with Crippen LogP contribution in [0.25, 0.3) is 0 Å². The van der Waals surface area contributed by atoms with Gasteiger partial charge in [-0.15, -0.1) is 0 Å². The third kappa shape index (κ3) is 3.89. The van der Waals surface area contributed by atoms with Crippen LogP contribution in [0.2, 0.25) is 0 Å². The zero-order valence-electron chi connectivity index (χ0n) is 8.02. The predicted octanol–water partition coefficient (Wildman–Crippen LogP) is 2.37. The third-order valence-electron chi connectivity index (χ3n) is 2.18. The second-order valence-electron chi connectivity index (χ2n) is 3.55. The van der Waals surface area contributed by atoms with Gasteiger partial charge in [-0.05, 0) is 26.8 Å². The molecule has 0 bridgehead atoms. The molecular weight excluding hydrogens is 122 g/mol. The first kappa shape index (κ1) is 9.96. The zero-order chi connectivity index (χ0) is 8.15. The molecule has 0 aromatic rings. The largest absolute Gasteiger partial charge is 0.304 e. The Bertz CT molecular complexity index is 78.8. The lowest BCUT2D eigenvalue weighted by molar-refractivity contribution is 0.234. The number of nitrogens with zero attached hydrogens (tertiary/aromatic N) is 1. The maximum Gasteiger partial charge on any atom is 0.00356 e. The predicted molar refractivity (Wildman–Crippen MR) is 47.2 cm³/mol. The number of rotatable bonds is 4. The van der Waals surface area contributed by atoms with Gasteiger partial charge in [0.25, 0.3) is 0 Å². The summed E-state index contributed by atoms with van der Waals surface area (Å²) in [6.45, 7) is 10.3. The van der Waals surface area contributed by atoms with Crippen LogP contribution in [0.4, 0.5) is 0 Å². The van der Waals surface area contributed by atoms with Crippen LogP contribution < -0.4 is 0 Å². The van der Waals surface area contributed by atoms with Crippen molar-refractivity contribution in [3.63, 3.8) is 0 Å². The first-order chi connectivity index (χ1) is 4.57. The average Bonchev–Trinajstić information content (AvgIpc) is 1.87. The molecule has 0 saturated heterocycles. The molecule has 0 N–H and O–H groups in total. The highest BCUT2D eigenvalue weighted by atomic mass is 15.1. The maximum absolute atomic E-state index is 2.40. The van der Waals surface area contributed by atoms with Crippen molar-refractivity contribution in [2.24, 2.45) is 5.92 Å². The van der Waals surface area contributed by atoms with Gasteiger partial charge in [0.1, 0.15) is 0 Å². The molecule has 0 fully saturated rings. The highest BCUT2D eigenvalue weighted by Gasteiger charge is 2.06. The van der Waals surface area contributed by atoms with Crippen LogP contribution >= 0.6 is 0 Å². The summed E-state index contributed by atoms with van der Waals surface area (Å²) in [6.07, 6.45) is 1.29. The Morgan fingerprint density at radius 2 is 1.70 bits per heavy atom. The summed E-state index contributed by atoms with van der Waals surface area (Å²) < 4.78 is 0. The van der Waals surface area contributed by atoms with Crippen molar-refractivity contribution in [2.75, 3.05) is 13.6 Å². The molecule has 0 heterocycles. The van der Waals surface area contributed by atoms with Gasteiger partial charge in [0.05, 0.1) is 0 Å². The van der Waals surface area contributed by atoms with E-state index in [0.717, 1.165) is 5.92 Å². The standard InChI is InChI=1S/C9H21N/c1-6-9(4)7-10(5)8(2)3/h8-9H,6-7H2,1-5H3/t9-/m1/s1. The quantitative estimate of drug-likeness (QED) is 0.584. The Balaban J connectivity index is 3.46. The van der Waals surface area contributed by atoms with E-state index in [-0.39, 0.29) is 0 Å². The Morgan fingerprint density at radius 1 is 1.20 bits per heavy atom. The van der Waals surface area contributed by atoms with Gasteiger partial charge in [-0.1, -0.05) is 20.3 Å². The summed E-state index contributed by atoms with van der Waals surface area (Å²) >= 11 is 0. The smallest absolute Gasteiger partial charge is 0.00356 e. The molecule has 0 aliphatic rings. The van der Waals surface area contributed by atoms with Crippen molar-refractivity contribution in [2.45, 2.75) is 40.2 Å². The van der Waals surface area contributed by atoms with Gasteiger partial charge in [-0.25, -0.2) is 0 Å². The summed E-state index contributed by atoms with van der Waals surface area (Å²) in [4.78, 5) is 2.40. The van der Waals surface area contributed by atoms with E-state index in [0.29, 0.717) is 6.04 Å². The van der Waals surface area contributed by atoms with Gasteiger partial charge in [0.2, 0.25) is 0 Å². The van der Waals surface area contributed by atoms with Crippen LogP contribution in [0.15, 0.2) is 0 Å². The van der Waals surface area contributed by atoms with Crippen molar-refractivity contribution in [3.8, 4) is 0 Å². The highest BCUT2D eigenvalue weighted by Crippen LogP contribution is 2.04. The Morgan fingerprint density at radius 3 is 2.00 bits per heavy atom. The van der Waals surface area contributed by atoms with Crippen molar-refractivity contribution < 1.29 is 0 Å². The molecule has 0 amide bonds. The van der Waals surface area contributed by atoms with Crippen molar-refractivity contribution >= 4 is 0 Å². The van der Waals surface area contributed by atoms with E-state index in [1.807, 2.05) is 0 Å².